The van der Waals surface area contributed by atoms with Crippen LogP contribution in [-0.2, 0) is 0 Å². The molecule has 0 spiro atoms. The van der Waals surface area contributed by atoms with Crippen LogP contribution in [0.25, 0.3) is 10.8 Å². The molecule has 0 aliphatic heterocycles. The largest absolute Gasteiger partial charge is 0.494 e. The molecular formula is C15H18N4O6. The average Bonchev–Trinajstić information content (AvgIpc) is 2.57. The number of benzene rings is 2. The second kappa shape index (κ2) is 6.67. The fraction of sp³-hybridized carbons (Fsp3) is 0.333. The van der Waals surface area contributed by atoms with Gasteiger partial charge in [-0.15, -0.1) is 0 Å². The van der Waals surface area contributed by atoms with E-state index in [2.05, 4.69) is 5.32 Å². The highest BCUT2D eigenvalue weighted by atomic mass is 16.6. The van der Waals surface area contributed by atoms with Crippen molar-refractivity contribution in [3.63, 3.8) is 0 Å². The van der Waals surface area contributed by atoms with Gasteiger partial charge in [0.15, 0.2) is 0 Å². The van der Waals surface area contributed by atoms with Crippen molar-refractivity contribution in [1.82, 2.24) is 0 Å². The van der Waals surface area contributed by atoms with Crippen LogP contribution in [0.3, 0.4) is 0 Å². The number of nitrogens with zero attached hydrogens (tertiary/aromatic N) is 3. The Balaban J connectivity index is 3.21. The number of nitro groups is 2. The van der Waals surface area contributed by atoms with Crippen molar-refractivity contribution in [2.24, 2.45) is 0 Å². The third kappa shape index (κ3) is 2.82. The first-order valence-electron chi connectivity index (χ1n) is 7.17. The molecule has 0 aliphatic carbocycles. The SMILES string of the molecule is CNc1c(OC)cc([N+](=O)[O-])c2cc([N+](=O)[O-])c(OC)c(N(C)C)c12. The summed E-state index contributed by atoms with van der Waals surface area (Å²) in [4.78, 5) is 23.4. The van der Waals surface area contributed by atoms with E-state index >= 15 is 0 Å². The second-order valence-corrected chi connectivity index (χ2v) is 5.33. The molecule has 1 N–H and O–H groups in total. The van der Waals surface area contributed by atoms with Crippen LogP contribution < -0.4 is 19.7 Å². The van der Waals surface area contributed by atoms with Crippen molar-refractivity contribution in [1.29, 1.82) is 0 Å². The number of fused-ring (bicyclic) bond motifs is 1. The van der Waals surface area contributed by atoms with E-state index in [-0.39, 0.29) is 28.3 Å². The monoisotopic (exact) mass is 350 g/mol. The highest BCUT2D eigenvalue weighted by Gasteiger charge is 2.30. The molecule has 2 aromatic carbocycles. The lowest BCUT2D eigenvalue weighted by Crippen LogP contribution is -2.13. The first kappa shape index (κ1) is 18.0. The van der Waals surface area contributed by atoms with Crippen molar-refractivity contribution in [2.45, 2.75) is 0 Å². The van der Waals surface area contributed by atoms with Crippen molar-refractivity contribution in [2.75, 3.05) is 45.6 Å². The molecule has 0 saturated heterocycles. The van der Waals surface area contributed by atoms with Gasteiger partial charge in [-0.05, 0) is 0 Å². The van der Waals surface area contributed by atoms with Gasteiger partial charge >= 0.3 is 5.69 Å². The summed E-state index contributed by atoms with van der Waals surface area (Å²) in [5, 5.41) is 26.4. The molecule has 134 valence electrons. The molecule has 0 radical (unpaired) electrons. The molecule has 0 aliphatic rings. The Morgan fingerprint density at radius 3 is 2.04 bits per heavy atom. The summed E-state index contributed by atoms with van der Waals surface area (Å²) in [5.74, 6) is 0.266. The van der Waals surface area contributed by atoms with Gasteiger partial charge in [0.2, 0.25) is 5.75 Å². The van der Waals surface area contributed by atoms with Crippen LogP contribution in [0.2, 0.25) is 0 Å². The molecule has 10 heteroatoms. The second-order valence-electron chi connectivity index (χ2n) is 5.33. The van der Waals surface area contributed by atoms with Gasteiger partial charge in [-0.2, -0.15) is 0 Å². The van der Waals surface area contributed by atoms with Gasteiger partial charge in [-0.3, -0.25) is 20.2 Å². The maximum absolute atomic E-state index is 11.5. The van der Waals surface area contributed by atoms with Gasteiger partial charge in [-0.1, -0.05) is 0 Å². The third-order valence-corrected chi connectivity index (χ3v) is 3.79. The average molecular weight is 350 g/mol. The molecule has 0 amide bonds. The smallest absolute Gasteiger partial charge is 0.314 e. The van der Waals surface area contributed by atoms with E-state index in [4.69, 9.17) is 9.47 Å². The van der Waals surface area contributed by atoms with E-state index < -0.39 is 9.85 Å². The van der Waals surface area contributed by atoms with E-state index in [1.807, 2.05) is 0 Å². The number of nitrogens with one attached hydrogen (secondary N) is 1. The quantitative estimate of drug-likeness (QED) is 0.624. The maximum atomic E-state index is 11.5. The minimum atomic E-state index is -0.627. The highest BCUT2D eigenvalue weighted by molar-refractivity contribution is 6.13. The Morgan fingerprint density at radius 1 is 1.04 bits per heavy atom. The fourth-order valence-corrected chi connectivity index (χ4v) is 2.81. The zero-order valence-electron chi connectivity index (χ0n) is 14.4. The molecule has 0 heterocycles. The van der Waals surface area contributed by atoms with E-state index in [1.165, 1.54) is 20.3 Å². The molecule has 2 aromatic rings. The van der Waals surface area contributed by atoms with E-state index in [0.29, 0.717) is 16.8 Å². The molecule has 0 atom stereocenters. The number of anilines is 2. The van der Waals surface area contributed by atoms with Crippen LogP contribution in [0.4, 0.5) is 22.7 Å². The Hall–Kier alpha value is -3.30. The number of nitro benzene ring substituents is 2. The molecule has 25 heavy (non-hydrogen) atoms. The van der Waals surface area contributed by atoms with Gasteiger partial charge in [0.25, 0.3) is 5.69 Å². The van der Waals surface area contributed by atoms with Crippen LogP contribution in [-0.4, -0.2) is 45.2 Å². The van der Waals surface area contributed by atoms with Crippen molar-refractivity contribution in [3.8, 4) is 11.5 Å². The lowest BCUT2D eigenvalue weighted by Gasteiger charge is -2.22. The van der Waals surface area contributed by atoms with Crippen LogP contribution in [0, 0.1) is 20.2 Å². The molecule has 0 aromatic heterocycles. The molecule has 2 rings (SSSR count). The summed E-state index contributed by atoms with van der Waals surface area (Å²) in [5.41, 5.74) is 0.173. The van der Waals surface area contributed by atoms with Crippen molar-refractivity contribution in [3.05, 3.63) is 32.4 Å². The molecule has 0 fully saturated rings. The Kier molecular flexibility index (Phi) is 4.82. The molecule has 0 bridgehead atoms. The standard InChI is InChI=1S/C15H18N4O6/c1-16-13-11(24-4)7-9(18(20)21)8-6-10(19(22)23)15(25-5)14(12(8)13)17(2)3/h6-7,16H,1-5H3. The Labute approximate surface area is 143 Å². The van der Waals surface area contributed by atoms with E-state index in [0.717, 1.165) is 6.07 Å². The zero-order valence-corrected chi connectivity index (χ0v) is 14.4. The van der Waals surface area contributed by atoms with Crippen LogP contribution >= 0.6 is 0 Å². The van der Waals surface area contributed by atoms with E-state index in [9.17, 15) is 20.2 Å². The topological polar surface area (TPSA) is 120 Å². The lowest BCUT2D eigenvalue weighted by molar-refractivity contribution is -0.386. The number of non-ortho nitro benzene ring substituents is 1. The van der Waals surface area contributed by atoms with E-state index in [1.54, 1.807) is 26.0 Å². The number of hydrogen-bond donors (Lipinski definition) is 1. The molecule has 0 saturated carbocycles. The molecule has 10 nitrogen and oxygen atoms in total. The summed E-state index contributed by atoms with van der Waals surface area (Å²) >= 11 is 0. The van der Waals surface area contributed by atoms with Gasteiger partial charge in [-0.25, -0.2) is 0 Å². The van der Waals surface area contributed by atoms with Crippen LogP contribution in [0.15, 0.2) is 12.1 Å². The first-order valence-corrected chi connectivity index (χ1v) is 7.17. The normalized spacial score (nSPS) is 10.4. The van der Waals surface area contributed by atoms with Crippen LogP contribution in [0.5, 0.6) is 11.5 Å². The van der Waals surface area contributed by atoms with Crippen LogP contribution in [0.1, 0.15) is 0 Å². The first-order chi connectivity index (χ1) is 11.8. The summed E-state index contributed by atoms with van der Waals surface area (Å²) in [6.07, 6.45) is 0. The number of methoxy groups -OCH3 is 2. The number of hydrogen-bond acceptors (Lipinski definition) is 8. The number of rotatable bonds is 6. The maximum Gasteiger partial charge on any atom is 0.314 e. The molecule has 0 unspecified atom stereocenters. The van der Waals surface area contributed by atoms with Gasteiger partial charge in [0, 0.05) is 32.6 Å². The zero-order chi connectivity index (χ0) is 18.9. The van der Waals surface area contributed by atoms with Crippen molar-refractivity contribution < 1.29 is 19.3 Å². The summed E-state index contributed by atoms with van der Waals surface area (Å²) in [6.45, 7) is 0. The Morgan fingerprint density at radius 2 is 1.64 bits per heavy atom. The summed E-state index contributed by atoms with van der Waals surface area (Å²) < 4.78 is 10.5. The van der Waals surface area contributed by atoms with Gasteiger partial charge < -0.3 is 19.7 Å². The predicted molar refractivity (Wildman–Crippen MR) is 94.2 cm³/mol. The fourth-order valence-electron chi connectivity index (χ4n) is 2.81. The van der Waals surface area contributed by atoms with Crippen molar-refractivity contribution >= 4 is 33.5 Å². The predicted octanol–water partition coefficient (Wildman–Crippen LogP) is 2.78. The summed E-state index contributed by atoms with van der Waals surface area (Å²) in [7, 11) is 7.69. The minimum Gasteiger partial charge on any atom is -0.494 e. The highest BCUT2D eigenvalue weighted by Crippen LogP contribution is 2.50. The lowest BCUT2D eigenvalue weighted by atomic mass is 10.0. The minimum absolute atomic E-state index is 0.0153. The van der Waals surface area contributed by atoms with Gasteiger partial charge in [0.05, 0.1) is 46.9 Å². The summed E-state index contributed by atoms with van der Waals surface area (Å²) in [6, 6.07) is 2.39. The number of ether oxygens (including phenoxy) is 2. The Bertz CT molecular complexity index is 865. The third-order valence-electron chi connectivity index (χ3n) is 3.79. The van der Waals surface area contributed by atoms with Gasteiger partial charge in [0.1, 0.15) is 5.75 Å². The molecular weight excluding hydrogens is 332 g/mol.